The summed E-state index contributed by atoms with van der Waals surface area (Å²) in [6, 6.07) is 8.63. The van der Waals surface area contributed by atoms with E-state index in [-0.39, 0.29) is 0 Å². The fourth-order valence-electron chi connectivity index (χ4n) is 4.05. The van der Waals surface area contributed by atoms with Crippen LogP contribution >= 0.6 is 11.3 Å². The zero-order chi connectivity index (χ0) is 23.2. The van der Waals surface area contributed by atoms with Crippen molar-refractivity contribution in [3.8, 4) is 33.2 Å². The molecule has 0 aliphatic carbocycles. The predicted molar refractivity (Wildman–Crippen MR) is 137 cm³/mol. The molecule has 34 heavy (non-hydrogen) atoms. The summed E-state index contributed by atoms with van der Waals surface area (Å²) < 4.78 is 0. The number of pyridine rings is 3. The molecule has 8 nitrogen and oxygen atoms in total. The molecule has 0 saturated carbocycles. The molecule has 6 heterocycles. The Morgan fingerprint density at radius 3 is 2.68 bits per heavy atom. The van der Waals surface area contributed by atoms with Crippen molar-refractivity contribution in [1.29, 1.82) is 0 Å². The van der Waals surface area contributed by atoms with Crippen molar-refractivity contribution in [2.45, 2.75) is 26.8 Å². The van der Waals surface area contributed by atoms with Crippen LogP contribution in [0.1, 0.15) is 18.7 Å². The van der Waals surface area contributed by atoms with Crippen molar-refractivity contribution < 1.29 is 0 Å². The van der Waals surface area contributed by atoms with Gasteiger partial charge in [0.2, 0.25) is 0 Å². The Morgan fingerprint density at radius 2 is 1.85 bits per heavy atom. The zero-order valence-corrected chi connectivity index (χ0v) is 19.7. The van der Waals surface area contributed by atoms with Crippen molar-refractivity contribution in [2.75, 3.05) is 5.32 Å². The minimum atomic E-state index is 0.318. The molecule has 6 aromatic heterocycles. The molecule has 0 spiro atoms. The van der Waals surface area contributed by atoms with Crippen LogP contribution in [0.15, 0.2) is 55.2 Å². The number of aromatic nitrogens is 7. The summed E-state index contributed by atoms with van der Waals surface area (Å²) in [4.78, 5) is 24.2. The molecule has 0 aromatic carbocycles. The summed E-state index contributed by atoms with van der Waals surface area (Å²) in [7, 11) is 0. The second-order valence-electron chi connectivity index (χ2n) is 8.53. The standard InChI is InChI=1S/C25H22N8S/c1-13(2)29-16-6-15(8-26-9-16)19-7-17-20(12-28-19)32-33-24(17)25-30-21-11-27-10-18(23(21)31-25)22-5-4-14(3)34-22/h4-13,29H,1-3H3,(H,30,31)(H,32,33). The van der Waals surface area contributed by atoms with Crippen LogP contribution in [0.25, 0.3) is 55.2 Å². The van der Waals surface area contributed by atoms with Crippen LogP contribution in [0, 0.1) is 6.92 Å². The lowest BCUT2D eigenvalue weighted by atomic mass is 10.1. The normalized spacial score (nSPS) is 11.6. The number of nitrogens with zero attached hydrogens (tertiary/aromatic N) is 5. The average molecular weight is 467 g/mol. The highest BCUT2D eigenvalue weighted by Gasteiger charge is 2.17. The van der Waals surface area contributed by atoms with Crippen molar-refractivity contribution >= 4 is 39.0 Å². The first-order valence-electron chi connectivity index (χ1n) is 11.0. The Hall–Kier alpha value is -4.11. The average Bonchev–Trinajstić information content (AvgIpc) is 3.55. The van der Waals surface area contributed by atoms with Crippen molar-refractivity contribution in [3.63, 3.8) is 0 Å². The highest BCUT2D eigenvalue weighted by Crippen LogP contribution is 2.34. The fourth-order valence-corrected chi connectivity index (χ4v) is 4.93. The number of thiophene rings is 1. The molecule has 0 aliphatic heterocycles. The van der Waals surface area contributed by atoms with Crippen LogP contribution in [0.5, 0.6) is 0 Å². The molecule has 9 heteroatoms. The number of hydrogen-bond donors (Lipinski definition) is 3. The maximum absolute atomic E-state index is 4.93. The van der Waals surface area contributed by atoms with Crippen LogP contribution in [-0.4, -0.2) is 41.2 Å². The highest BCUT2D eigenvalue weighted by molar-refractivity contribution is 7.15. The van der Waals surface area contributed by atoms with Crippen LogP contribution in [-0.2, 0) is 0 Å². The quantitative estimate of drug-likeness (QED) is 0.296. The molecular weight excluding hydrogens is 444 g/mol. The summed E-state index contributed by atoms with van der Waals surface area (Å²) in [6.45, 7) is 6.30. The smallest absolute Gasteiger partial charge is 0.159 e. The number of anilines is 1. The topological polar surface area (TPSA) is 108 Å². The summed E-state index contributed by atoms with van der Waals surface area (Å²) in [6.07, 6.45) is 9.11. The second kappa shape index (κ2) is 8.03. The van der Waals surface area contributed by atoms with Gasteiger partial charge in [-0.15, -0.1) is 11.3 Å². The number of rotatable bonds is 5. The Bertz CT molecular complexity index is 1640. The van der Waals surface area contributed by atoms with Gasteiger partial charge in [-0.05, 0) is 45.0 Å². The van der Waals surface area contributed by atoms with E-state index in [1.807, 2.05) is 24.7 Å². The summed E-state index contributed by atoms with van der Waals surface area (Å²) in [5.74, 6) is 0.689. The minimum Gasteiger partial charge on any atom is -0.382 e. The third-order valence-corrected chi connectivity index (χ3v) is 6.59. The van der Waals surface area contributed by atoms with Gasteiger partial charge < -0.3 is 10.3 Å². The number of nitrogens with one attached hydrogen (secondary N) is 3. The monoisotopic (exact) mass is 466 g/mol. The van der Waals surface area contributed by atoms with Gasteiger partial charge in [0.25, 0.3) is 0 Å². The molecule has 0 radical (unpaired) electrons. The van der Waals surface area contributed by atoms with Gasteiger partial charge in [0, 0.05) is 50.9 Å². The van der Waals surface area contributed by atoms with Gasteiger partial charge in [0.15, 0.2) is 5.82 Å². The van der Waals surface area contributed by atoms with Gasteiger partial charge in [-0.25, -0.2) is 4.98 Å². The van der Waals surface area contributed by atoms with E-state index in [2.05, 4.69) is 74.4 Å². The Labute approximate surface area is 199 Å². The van der Waals surface area contributed by atoms with Crippen molar-refractivity contribution in [1.82, 2.24) is 35.1 Å². The van der Waals surface area contributed by atoms with E-state index >= 15 is 0 Å². The molecule has 6 aromatic rings. The van der Waals surface area contributed by atoms with Crippen LogP contribution < -0.4 is 5.32 Å². The molecule has 0 amide bonds. The Kier molecular flexibility index (Phi) is 4.84. The van der Waals surface area contributed by atoms with E-state index < -0.39 is 0 Å². The molecule has 0 atom stereocenters. The number of fused-ring (bicyclic) bond motifs is 2. The Morgan fingerprint density at radius 1 is 0.971 bits per heavy atom. The second-order valence-corrected chi connectivity index (χ2v) is 9.82. The lowest BCUT2D eigenvalue weighted by molar-refractivity contribution is 0.898. The third-order valence-electron chi connectivity index (χ3n) is 5.56. The third kappa shape index (κ3) is 3.60. The molecule has 168 valence electrons. The maximum Gasteiger partial charge on any atom is 0.159 e. The number of hydrogen-bond acceptors (Lipinski definition) is 7. The fraction of sp³-hybridized carbons (Fsp3) is 0.160. The van der Waals surface area contributed by atoms with E-state index in [4.69, 9.17) is 4.98 Å². The van der Waals surface area contributed by atoms with E-state index in [9.17, 15) is 0 Å². The predicted octanol–water partition coefficient (Wildman–Crippen LogP) is 5.82. The van der Waals surface area contributed by atoms with Gasteiger partial charge in [0.1, 0.15) is 11.2 Å². The highest BCUT2D eigenvalue weighted by atomic mass is 32.1. The van der Waals surface area contributed by atoms with Gasteiger partial charge in [0.05, 0.1) is 34.8 Å². The molecule has 0 fully saturated rings. The van der Waals surface area contributed by atoms with E-state index in [0.717, 1.165) is 55.0 Å². The molecule has 6 rings (SSSR count). The van der Waals surface area contributed by atoms with Crippen LogP contribution in [0.2, 0.25) is 0 Å². The van der Waals surface area contributed by atoms with Gasteiger partial charge in [-0.2, -0.15) is 5.10 Å². The van der Waals surface area contributed by atoms with E-state index in [1.54, 1.807) is 23.7 Å². The Balaban J connectivity index is 1.45. The number of H-pyrrole nitrogens is 2. The first kappa shape index (κ1) is 20.5. The number of aromatic amines is 2. The van der Waals surface area contributed by atoms with Crippen molar-refractivity contribution in [2.24, 2.45) is 0 Å². The van der Waals surface area contributed by atoms with E-state index in [1.165, 1.54) is 4.88 Å². The first-order chi connectivity index (χ1) is 16.5. The lowest BCUT2D eigenvalue weighted by Crippen LogP contribution is -2.09. The minimum absolute atomic E-state index is 0.318. The van der Waals surface area contributed by atoms with Gasteiger partial charge in [-0.1, -0.05) is 0 Å². The molecule has 0 aliphatic rings. The molecule has 0 unspecified atom stereocenters. The lowest BCUT2D eigenvalue weighted by Gasteiger charge is -2.10. The SMILES string of the molecule is Cc1ccc(-c2cncc3[nH]c(-c4n[nH]c5cnc(-c6cncc(NC(C)C)c6)cc45)nc23)s1. The number of imidazole rings is 1. The van der Waals surface area contributed by atoms with Crippen molar-refractivity contribution in [3.05, 3.63) is 60.1 Å². The van der Waals surface area contributed by atoms with Crippen LogP contribution in [0.4, 0.5) is 5.69 Å². The zero-order valence-electron chi connectivity index (χ0n) is 18.9. The summed E-state index contributed by atoms with van der Waals surface area (Å²) >= 11 is 1.73. The molecule has 0 bridgehead atoms. The first-order valence-corrected chi connectivity index (χ1v) is 11.8. The summed E-state index contributed by atoms with van der Waals surface area (Å²) in [5, 5.41) is 12.0. The van der Waals surface area contributed by atoms with Gasteiger partial charge in [-0.3, -0.25) is 20.1 Å². The number of aryl methyl sites for hydroxylation is 1. The molecule has 0 saturated heterocycles. The largest absolute Gasteiger partial charge is 0.382 e. The summed E-state index contributed by atoms with van der Waals surface area (Å²) in [5.41, 5.74) is 7.08. The molecule has 3 N–H and O–H groups in total. The van der Waals surface area contributed by atoms with Crippen LogP contribution in [0.3, 0.4) is 0 Å². The maximum atomic E-state index is 4.93. The van der Waals surface area contributed by atoms with Gasteiger partial charge >= 0.3 is 0 Å². The molecular formula is C25H22N8S. The van der Waals surface area contributed by atoms with E-state index in [0.29, 0.717) is 11.9 Å².